The van der Waals surface area contributed by atoms with Crippen molar-refractivity contribution in [3.05, 3.63) is 11.4 Å². The molecule has 1 rings (SSSR count). The maximum Gasteiger partial charge on any atom is 0.441 e. The van der Waals surface area contributed by atoms with Crippen LogP contribution in [0.15, 0.2) is 4.90 Å². The summed E-state index contributed by atoms with van der Waals surface area (Å²) in [5.41, 5.74) is -3.74. The molecule has 0 radical (unpaired) electrons. The molecule has 0 spiro atoms. The number of aromatic amines is 1. The topological polar surface area (TPSA) is 86.9 Å². The van der Waals surface area contributed by atoms with Crippen molar-refractivity contribution in [2.24, 2.45) is 0 Å². The molecule has 3 N–H and O–H groups in total. The van der Waals surface area contributed by atoms with E-state index in [4.69, 9.17) is 0 Å². The Hall–Kier alpha value is -0.780. The van der Waals surface area contributed by atoms with Crippen LogP contribution in [0.3, 0.4) is 0 Å². The van der Waals surface area contributed by atoms with E-state index < -0.39 is 15.5 Å². The molecule has 1 aromatic rings. The molecule has 0 aliphatic rings. The van der Waals surface area contributed by atoms with Gasteiger partial charge in [0.15, 0.2) is 0 Å². The predicted molar refractivity (Wildman–Crippen MR) is 69.8 cm³/mol. The number of hydrogen-bond acceptors (Lipinski definition) is 5. The fourth-order valence-electron chi connectivity index (χ4n) is 1.53. The molecule has 11 heteroatoms. The van der Waals surface area contributed by atoms with Crippen LogP contribution in [-0.2, 0) is 16.6 Å². The van der Waals surface area contributed by atoms with E-state index in [-0.39, 0.29) is 35.5 Å². The highest BCUT2D eigenvalue weighted by atomic mass is 32.2. The molecule has 0 amide bonds. The lowest BCUT2D eigenvalue weighted by atomic mass is 10.4. The summed E-state index contributed by atoms with van der Waals surface area (Å²) in [4.78, 5) is -0.0242. The number of hydrogen-bond donors (Lipinski definition) is 3. The molecule has 0 aromatic carbocycles. The number of sulfonamides is 1. The minimum Gasteiger partial charge on any atom is -0.314 e. The number of H-pyrrole nitrogens is 1. The van der Waals surface area contributed by atoms with Gasteiger partial charge in [0.2, 0.25) is 10.0 Å². The third kappa shape index (κ3) is 4.96. The molecular formula is C9H15F3N4O2S2. The minimum atomic E-state index is -4.37. The zero-order chi connectivity index (χ0) is 15.4. The summed E-state index contributed by atoms with van der Waals surface area (Å²) in [7, 11) is -2.25. The minimum absolute atomic E-state index is 0.0242. The molecule has 0 bridgehead atoms. The average Bonchev–Trinajstić information content (AvgIpc) is 2.66. The van der Waals surface area contributed by atoms with Gasteiger partial charge in [0.1, 0.15) is 4.90 Å². The van der Waals surface area contributed by atoms with E-state index in [1.54, 1.807) is 7.05 Å². The van der Waals surface area contributed by atoms with Crippen molar-refractivity contribution in [1.82, 2.24) is 20.2 Å². The van der Waals surface area contributed by atoms with Crippen molar-refractivity contribution >= 4 is 21.8 Å². The summed E-state index contributed by atoms with van der Waals surface area (Å²) in [5, 5.41) is 9.17. The first-order chi connectivity index (χ1) is 9.17. The quantitative estimate of drug-likeness (QED) is 0.648. The fourth-order valence-corrected chi connectivity index (χ4v) is 3.48. The van der Waals surface area contributed by atoms with Crippen LogP contribution in [0.4, 0.5) is 13.2 Å². The molecule has 6 nitrogen and oxygen atoms in total. The zero-order valence-corrected chi connectivity index (χ0v) is 12.5. The van der Waals surface area contributed by atoms with Crippen molar-refractivity contribution in [2.75, 3.05) is 19.3 Å². The highest BCUT2D eigenvalue weighted by Crippen LogP contribution is 2.29. The van der Waals surface area contributed by atoms with E-state index in [1.807, 2.05) is 0 Å². The molecule has 0 aliphatic heterocycles. The van der Waals surface area contributed by atoms with Gasteiger partial charge in [-0.15, -0.1) is 0 Å². The van der Waals surface area contributed by atoms with Crippen molar-refractivity contribution < 1.29 is 21.6 Å². The SMILES string of the molecule is CNCc1n[nH]c(C)c1S(=O)(=O)NCCSC(F)(F)F. The zero-order valence-electron chi connectivity index (χ0n) is 10.8. The Balaban J connectivity index is 2.72. The lowest BCUT2D eigenvalue weighted by Crippen LogP contribution is -2.28. The summed E-state index contributed by atoms with van der Waals surface area (Å²) >= 11 is -0.273. The smallest absolute Gasteiger partial charge is 0.314 e. The van der Waals surface area contributed by atoms with Gasteiger partial charge in [-0.25, -0.2) is 13.1 Å². The Labute approximate surface area is 118 Å². The summed E-state index contributed by atoms with van der Waals surface area (Å²) in [6.07, 6.45) is 0. The van der Waals surface area contributed by atoms with E-state index >= 15 is 0 Å². The second kappa shape index (κ2) is 6.78. The van der Waals surface area contributed by atoms with E-state index in [1.165, 1.54) is 6.92 Å². The first-order valence-electron chi connectivity index (χ1n) is 5.56. The molecule has 0 atom stereocenters. The predicted octanol–water partition coefficient (Wildman–Crippen LogP) is 0.969. The Morgan fingerprint density at radius 2 is 2.05 bits per heavy atom. The Kier molecular flexibility index (Phi) is 5.86. The standard InChI is InChI=1S/C9H15F3N4O2S2/c1-6-8(7(5-13-2)16-15-6)20(17,18)14-3-4-19-9(10,11)12/h13-14H,3-5H2,1-2H3,(H,15,16). The van der Waals surface area contributed by atoms with Crippen molar-refractivity contribution in [3.8, 4) is 0 Å². The molecule has 20 heavy (non-hydrogen) atoms. The third-order valence-corrected chi connectivity index (χ3v) is 4.63. The summed E-state index contributed by atoms with van der Waals surface area (Å²) in [5.74, 6) is -0.388. The number of halogens is 3. The Morgan fingerprint density at radius 3 is 2.60 bits per heavy atom. The van der Waals surface area contributed by atoms with Crippen LogP contribution in [0.1, 0.15) is 11.4 Å². The molecule has 0 unspecified atom stereocenters. The van der Waals surface area contributed by atoms with E-state index in [0.717, 1.165) is 0 Å². The molecule has 0 saturated heterocycles. The van der Waals surface area contributed by atoms with Crippen LogP contribution in [0.25, 0.3) is 0 Å². The normalized spacial score (nSPS) is 12.8. The van der Waals surface area contributed by atoms with Crippen molar-refractivity contribution in [2.45, 2.75) is 23.9 Å². The van der Waals surface area contributed by atoms with Crippen LogP contribution in [0.5, 0.6) is 0 Å². The van der Waals surface area contributed by atoms with Crippen LogP contribution < -0.4 is 10.0 Å². The molecule has 116 valence electrons. The number of nitrogens with zero attached hydrogens (tertiary/aromatic N) is 1. The largest absolute Gasteiger partial charge is 0.441 e. The summed E-state index contributed by atoms with van der Waals surface area (Å²) in [6.45, 7) is 1.46. The van der Waals surface area contributed by atoms with Crippen molar-refractivity contribution in [3.63, 3.8) is 0 Å². The van der Waals surface area contributed by atoms with Gasteiger partial charge in [0.05, 0.1) is 11.4 Å². The van der Waals surface area contributed by atoms with Gasteiger partial charge in [-0.1, -0.05) is 0 Å². The second-order valence-corrected chi connectivity index (χ2v) is 6.71. The lowest BCUT2D eigenvalue weighted by Gasteiger charge is -2.09. The van der Waals surface area contributed by atoms with Crippen LogP contribution in [0.2, 0.25) is 0 Å². The summed E-state index contributed by atoms with van der Waals surface area (Å²) < 4.78 is 62.0. The molecule has 0 saturated carbocycles. The maximum absolute atomic E-state index is 12.0. The number of aromatic nitrogens is 2. The number of rotatable bonds is 7. The van der Waals surface area contributed by atoms with Gasteiger partial charge in [0, 0.05) is 18.8 Å². The van der Waals surface area contributed by atoms with Crippen LogP contribution >= 0.6 is 11.8 Å². The summed E-state index contributed by atoms with van der Waals surface area (Å²) in [6, 6.07) is 0. The third-order valence-electron chi connectivity index (χ3n) is 2.23. The molecule has 1 heterocycles. The number of thioether (sulfide) groups is 1. The molecule has 1 aromatic heterocycles. The van der Waals surface area contributed by atoms with Gasteiger partial charge in [-0.2, -0.15) is 18.3 Å². The monoisotopic (exact) mass is 332 g/mol. The second-order valence-electron chi connectivity index (χ2n) is 3.85. The molecule has 0 fully saturated rings. The number of aryl methyl sites for hydroxylation is 1. The Bertz CT molecular complexity index is 542. The van der Waals surface area contributed by atoms with Gasteiger partial charge < -0.3 is 5.32 Å². The molecular weight excluding hydrogens is 317 g/mol. The highest BCUT2D eigenvalue weighted by Gasteiger charge is 2.28. The first kappa shape index (κ1) is 17.3. The number of nitrogens with one attached hydrogen (secondary N) is 3. The number of alkyl halides is 3. The van der Waals surface area contributed by atoms with Gasteiger partial charge in [0.25, 0.3) is 0 Å². The van der Waals surface area contributed by atoms with E-state index in [9.17, 15) is 21.6 Å². The van der Waals surface area contributed by atoms with Crippen LogP contribution in [-0.4, -0.2) is 43.5 Å². The van der Waals surface area contributed by atoms with Gasteiger partial charge in [-0.3, -0.25) is 5.10 Å². The maximum atomic E-state index is 12.0. The molecule has 0 aliphatic carbocycles. The van der Waals surface area contributed by atoms with Gasteiger partial charge in [-0.05, 0) is 25.7 Å². The lowest BCUT2D eigenvalue weighted by molar-refractivity contribution is -0.0327. The van der Waals surface area contributed by atoms with E-state index in [0.29, 0.717) is 11.4 Å². The fraction of sp³-hybridized carbons (Fsp3) is 0.667. The average molecular weight is 332 g/mol. The van der Waals surface area contributed by atoms with Gasteiger partial charge >= 0.3 is 5.51 Å². The Morgan fingerprint density at radius 1 is 1.40 bits per heavy atom. The van der Waals surface area contributed by atoms with Crippen LogP contribution in [0, 0.1) is 6.92 Å². The van der Waals surface area contributed by atoms with E-state index in [2.05, 4.69) is 20.2 Å². The van der Waals surface area contributed by atoms with Crippen molar-refractivity contribution in [1.29, 1.82) is 0 Å². The highest BCUT2D eigenvalue weighted by molar-refractivity contribution is 8.00. The first-order valence-corrected chi connectivity index (χ1v) is 8.03.